The van der Waals surface area contributed by atoms with Crippen LogP contribution in [0.5, 0.6) is 0 Å². The Kier molecular flexibility index (Phi) is 5.44. The molecule has 1 aliphatic rings. The molecule has 0 spiro atoms. The molecule has 17 heavy (non-hydrogen) atoms. The Morgan fingerprint density at radius 2 is 2.24 bits per heavy atom. The van der Waals surface area contributed by atoms with Crippen LogP contribution in [0.15, 0.2) is 0 Å². The number of hydrogen-bond donors (Lipinski definition) is 2. The van der Waals surface area contributed by atoms with Gasteiger partial charge in [-0.25, -0.2) is 0 Å². The summed E-state index contributed by atoms with van der Waals surface area (Å²) < 4.78 is 0. The maximum atomic E-state index is 11.8. The van der Waals surface area contributed by atoms with Gasteiger partial charge in [-0.1, -0.05) is 34.1 Å². The molecule has 1 saturated heterocycles. The van der Waals surface area contributed by atoms with E-state index >= 15 is 0 Å². The Balaban J connectivity index is 2.36. The van der Waals surface area contributed by atoms with Crippen molar-refractivity contribution in [1.29, 1.82) is 0 Å². The molecule has 0 bridgehead atoms. The third-order valence-electron chi connectivity index (χ3n) is 3.98. The third kappa shape index (κ3) is 4.30. The van der Waals surface area contributed by atoms with Crippen molar-refractivity contribution in [3.63, 3.8) is 0 Å². The molecule has 1 fully saturated rings. The van der Waals surface area contributed by atoms with Crippen molar-refractivity contribution in [2.45, 2.75) is 59.4 Å². The van der Waals surface area contributed by atoms with E-state index in [-0.39, 0.29) is 11.8 Å². The third-order valence-corrected chi connectivity index (χ3v) is 3.98. The molecule has 0 saturated carbocycles. The van der Waals surface area contributed by atoms with E-state index < -0.39 is 0 Å². The summed E-state index contributed by atoms with van der Waals surface area (Å²) in [5.41, 5.74) is 0.291. The number of rotatable bonds is 5. The van der Waals surface area contributed by atoms with Crippen LogP contribution in [0.1, 0.15) is 53.4 Å². The zero-order chi connectivity index (χ0) is 12.9. The summed E-state index contributed by atoms with van der Waals surface area (Å²) in [5.74, 6) is 0.349. The highest BCUT2D eigenvalue weighted by Gasteiger charge is 2.32. The van der Waals surface area contributed by atoms with Gasteiger partial charge in [-0.2, -0.15) is 0 Å². The van der Waals surface area contributed by atoms with Gasteiger partial charge >= 0.3 is 0 Å². The van der Waals surface area contributed by atoms with Crippen molar-refractivity contribution in [3.05, 3.63) is 0 Å². The molecule has 2 atom stereocenters. The van der Waals surface area contributed by atoms with Crippen molar-refractivity contribution >= 4 is 5.91 Å². The van der Waals surface area contributed by atoms with Gasteiger partial charge in [-0.3, -0.25) is 4.79 Å². The average molecular weight is 240 g/mol. The minimum absolute atomic E-state index is 0.145. The van der Waals surface area contributed by atoms with E-state index in [9.17, 15) is 4.79 Å². The van der Waals surface area contributed by atoms with E-state index in [1.807, 2.05) is 6.92 Å². The minimum atomic E-state index is 0.145. The van der Waals surface area contributed by atoms with Gasteiger partial charge in [0, 0.05) is 18.5 Å². The van der Waals surface area contributed by atoms with Gasteiger partial charge in [0.1, 0.15) is 0 Å². The van der Waals surface area contributed by atoms with Crippen LogP contribution in [-0.2, 0) is 4.79 Å². The molecule has 0 aromatic rings. The topological polar surface area (TPSA) is 41.1 Å². The smallest absolute Gasteiger partial charge is 0.222 e. The van der Waals surface area contributed by atoms with Gasteiger partial charge in [-0.15, -0.1) is 0 Å². The maximum Gasteiger partial charge on any atom is 0.222 e. The Morgan fingerprint density at radius 1 is 1.53 bits per heavy atom. The van der Waals surface area contributed by atoms with Crippen molar-refractivity contribution in [2.75, 3.05) is 13.1 Å². The molecule has 1 rings (SSSR count). The highest BCUT2D eigenvalue weighted by molar-refractivity contribution is 5.78. The van der Waals surface area contributed by atoms with Crippen LogP contribution in [0.25, 0.3) is 0 Å². The van der Waals surface area contributed by atoms with Crippen LogP contribution < -0.4 is 10.6 Å². The summed E-state index contributed by atoms with van der Waals surface area (Å²) in [6.45, 7) is 10.5. The first kappa shape index (κ1) is 14.5. The molecule has 1 amide bonds. The fourth-order valence-electron chi connectivity index (χ4n) is 2.56. The second kappa shape index (κ2) is 6.39. The van der Waals surface area contributed by atoms with Crippen LogP contribution >= 0.6 is 0 Å². The molecule has 1 heterocycles. The largest absolute Gasteiger partial charge is 0.354 e. The summed E-state index contributed by atoms with van der Waals surface area (Å²) in [5, 5.41) is 6.61. The molecule has 0 aromatic heterocycles. The maximum absolute atomic E-state index is 11.8. The van der Waals surface area contributed by atoms with Gasteiger partial charge in [0.25, 0.3) is 0 Å². The number of carbonyl (C=O) groups excluding carboxylic acids is 1. The predicted molar refractivity (Wildman–Crippen MR) is 71.9 cm³/mol. The van der Waals surface area contributed by atoms with E-state index in [2.05, 4.69) is 31.4 Å². The van der Waals surface area contributed by atoms with E-state index in [1.165, 1.54) is 12.8 Å². The second-order valence-corrected chi connectivity index (χ2v) is 6.03. The molecule has 2 N–H and O–H groups in total. The first-order valence-electron chi connectivity index (χ1n) is 6.98. The molecule has 0 aromatic carbocycles. The fraction of sp³-hybridized carbons (Fsp3) is 0.929. The number of amides is 1. The monoisotopic (exact) mass is 240 g/mol. The molecule has 3 heteroatoms. The number of carbonyl (C=O) groups is 1. The van der Waals surface area contributed by atoms with Gasteiger partial charge in [-0.05, 0) is 31.2 Å². The van der Waals surface area contributed by atoms with Crippen LogP contribution in [0.3, 0.4) is 0 Å². The average Bonchev–Trinajstić information content (AvgIpc) is 2.27. The van der Waals surface area contributed by atoms with Crippen LogP contribution in [0, 0.1) is 11.3 Å². The molecule has 0 radical (unpaired) electrons. The number of hydrogen-bond acceptors (Lipinski definition) is 2. The highest BCUT2D eigenvalue weighted by Crippen LogP contribution is 2.29. The van der Waals surface area contributed by atoms with Crippen LogP contribution in [-0.4, -0.2) is 25.0 Å². The second-order valence-electron chi connectivity index (χ2n) is 6.03. The van der Waals surface area contributed by atoms with Crippen molar-refractivity contribution in [3.8, 4) is 0 Å². The molecular weight excluding hydrogens is 212 g/mol. The SMILES string of the molecule is CCCC(C)C(=O)NCC1NCCCC1(C)C. The normalized spacial score (nSPS) is 25.3. The molecule has 1 aliphatic heterocycles. The van der Waals surface area contributed by atoms with Crippen molar-refractivity contribution in [2.24, 2.45) is 11.3 Å². The van der Waals surface area contributed by atoms with E-state index in [0.717, 1.165) is 25.9 Å². The van der Waals surface area contributed by atoms with Crippen molar-refractivity contribution < 1.29 is 4.79 Å². The first-order chi connectivity index (χ1) is 7.97. The molecule has 0 aliphatic carbocycles. The first-order valence-corrected chi connectivity index (χ1v) is 6.98. The molecule has 100 valence electrons. The lowest BCUT2D eigenvalue weighted by Gasteiger charge is -2.39. The van der Waals surface area contributed by atoms with Gasteiger partial charge in [0.05, 0.1) is 0 Å². The summed E-state index contributed by atoms with van der Waals surface area (Å²) in [4.78, 5) is 11.8. The van der Waals surface area contributed by atoms with E-state index in [1.54, 1.807) is 0 Å². The quantitative estimate of drug-likeness (QED) is 0.774. The highest BCUT2D eigenvalue weighted by atomic mass is 16.1. The van der Waals surface area contributed by atoms with Crippen LogP contribution in [0.2, 0.25) is 0 Å². The lowest BCUT2D eigenvalue weighted by atomic mass is 9.77. The lowest BCUT2D eigenvalue weighted by molar-refractivity contribution is -0.124. The zero-order valence-electron chi connectivity index (χ0n) is 11.8. The molecular formula is C14H28N2O. The Bertz CT molecular complexity index is 251. The van der Waals surface area contributed by atoms with Gasteiger partial charge < -0.3 is 10.6 Å². The predicted octanol–water partition coefficient (Wildman–Crippen LogP) is 2.32. The van der Waals surface area contributed by atoms with Gasteiger partial charge in [0.15, 0.2) is 0 Å². The summed E-state index contributed by atoms with van der Waals surface area (Å²) in [7, 11) is 0. The Morgan fingerprint density at radius 3 is 2.82 bits per heavy atom. The summed E-state index contributed by atoms with van der Waals surface area (Å²) >= 11 is 0. The standard InChI is InChI=1S/C14H28N2O/c1-5-7-11(2)13(17)16-10-12-14(3,4)8-6-9-15-12/h11-12,15H,5-10H2,1-4H3,(H,16,17). The lowest BCUT2D eigenvalue weighted by Crippen LogP contribution is -2.53. The number of nitrogens with one attached hydrogen (secondary N) is 2. The summed E-state index contributed by atoms with van der Waals surface area (Å²) in [6.07, 6.45) is 4.53. The van der Waals surface area contributed by atoms with Gasteiger partial charge in [0.2, 0.25) is 5.91 Å². The van der Waals surface area contributed by atoms with E-state index in [4.69, 9.17) is 0 Å². The minimum Gasteiger partial charge on any atom is -0.354 e. The fourth-order valence-corrected chi connectivity index (χ4v) is 2.56. The zero-order valence-corrected chi connectivity index (χ0v) is 11.8. The Hall–Kier alpha value is -0.570. The van der Waals surface area contributed by atoms with Crippen molar-refractivity contribution in [1.82, 2.24) is 10.6 Å². The van der Waals surface area contributed by atoms with E-state index in [0.29, 0.717) is 11.5 Å². The number of piperidine rings is 1. The summed E-state index contributed by atoms with van der Waals surface area (Å²) in [6, 6.07) is 0.411. The Labute approximate surface area is 106 Å². The molecule has 3 nitrogen and oxygen atoms in total. The molecule has 2 unspecified atom stereocenters. The van der Waals surface area contributed by atoms with Crippen LogP contribution in [0.4, 0.5) is 0 Å².